The van der Waals surface area contributed by atoms with Gasteiger partial charge in [0.15, 0.2) is 0 Å². The zero-order valence-electron chi connectivity index (χ0n) is 17.6. The van der Waals surface area contributed by atoms with Crippen LogP contribution in [0.25, 0.3) is 11.4 Å². The molecule has 0 spiro atoms. The summed E-state index contributed by atoms with van der Waals surface area (Å²) in [6.45, 7) is 2.55. The number of halogens is 2. The van der Waals surface area contributed by atoms with E-state index in [2.05, 4.69) is 9.97 Å². The molecule has 0 unspecified atom stereocenters. The van der Waals surface area contributed by atoms with E-state index < -0.39 is 11.6 Å². The average Bonchev–Trinajstić information content (AvgIpc) is 3.35. The topological polar surface area (TPSA) is 90.9 Å². The van der Waals surface area contributed by atoms with Gasteiger partial charge in [-0.1, -0.05) is 0 Å². The van der Waals surface area contributed by atoms with Crippen LogP contribution in [0, 0.1) is 18.6 Å². The number of nitrogen functional groups attached to an aromatic ring is 2. The molecule has 162 valence electrons. The van der Waals surface area contributed by atoms with Crippen LogP contribution < -0.4 is 11.5 Å². The molecule has 0 radical (unpaired) electrons. The number of hydrogen-bond donors (Lipinski definition) is 2. The summed E-state index contributed by atoms with van der Waals surface area (Å²) in [5, 5.41) is 0. The molecule has 2 heterocycles. The summed E-state index contributed by atoms with van der Waals surface area (Å²) in [6, 6.07) is 9.45. The average molecular weight is 425 g/mol. The number of imidazole rings is 2. The smallest absolute Gasteiger partial charge is 0.148 e. The molecule has 0 saturated carbocycles. The SMILES string of the molecule is CN(C)Cc1nccn1-c1ccc(N)c(F)c1.Cc1nccn1-c1ccc(N)c(F)c1. The van der Waals surface area contributed by atoms with Crippen LogP contribution in [0.1, 0.15) is 11.6 Å². The molecular weight excluding hydrogens is 400 g/mol. The first-order chi connectivity index (χ1) is 14.8. The molecule has 0 aliphatic heterocycles. The normalized spacial score (nSPS) is 10.8. The monoisotopic (exact) mass is 425 g/mol. The van der Waals surface area contributed by atoms with E-state index in [-0.39, 0.29) is 11.4 Å². The van der Waals surface area contributed by atoms with Crippen LogP contribution in [0.3, 0.4) is 0 Å². The van der Waals surface area contributed by atoms with Crippen molar-refractivity contribution in [2.24, 2.45) is 0 Å². The summed E-state index contributed by atoms with van der Waals surface area (Å²) in [7, 11) is 3.92. The first kappa shape index (κ1) is 22.0. The predicted molar refractivity (Wildman–Crippen MR) is 118 cm³/mol. The Morgan fingerprint density at radius 1 is 0.839 bits per heavy atom. The van der Waals surface area contributed by atoms with Crippen LogP contribution in [0.5, 0.6) is 0 Å². The largest absolute Gasteiger partial charge is 0.396 e. The molecule has 0 atom stereocenters. The summed E-state index contributed by atoms with van der Waals surface area (Å²) in [5.74, 6) is 0.857. The van der Waals surface area contributed by atoms with E-state index in [1.54, 1.807) is 47.4 Å². The van der Waals surface area contributed by atoms with Crippen LogP contribution in [0.4, 0.5) is 20.2 Å². The Bertz CT molecular complexity index is 1160. The fraction of sp³-hybridized carbons (Fsp3) is 0.182. The second-order valence-corrected chi connectivity index (χ2v) is 7.21. The van der Waals surface area contributed by atoms with Gasteiger partial charge >= 0.3 is 0 Å². The Balaban J connectivity index is 0.000000179. The van der Waals surface area contributed by atoms with Gasteiger partial charge in [-0.25, -0.2) is 18.7 Å². The van der Waals surface area contributed by atoms with Crippen molar-refractivity contribution in [2.75, 3.05) is 25.6 Å². The van der Waals surface area contributed by atoms with Crippen molar-refractivity contribution in [3.8, 4) is 11.4 Å². The second-order valence-electron chi connectivity index (χ2n) is 7.21. The standard InChI is InChI=1S/C12H15FN4.C10H10FN3/c1-16(2)8-12-15-5-6-17(12)9-3-4-11(14)10(13)7-9;1-7-13-4-5-14(7)8-2-3-10(12)9(11)6-8/h3-7H,8,14H2,1-2H3;2-6H,12H2,1H3. The van der Waals surface area contributed by atoms with E-state index in [0.717, 1.165) is 23.0 Å². The van der Waals surface area contributed by atoms with Gasteiger partial charge in [0.2, 0.25) is 0 Å². The third kappa shape index (κ3) is 5.26. The summed E-state index contributed by atoms with van der Waals surface area (Å²) in [6.07, 6.45) is 6.96. The molecule has 0 aliphatic carbocycles. The fourth-order valence-electron chi connectivity index (χ4n) is 2.95. The molecule has 0 amide bonds. The van der Waals surface area contributed by atoms with Gasteiger partial charge in [0.25, 0.3) is 0 Å². The van der Waals surface area contributed by atoms with E-state index in [9.17, 15) is 8.78 Å². The maximum Gasteiger partial charge on any atom is 0.148 e. The summed E-state index contributed by atoms with van der Waals surface area (Å²) in [5.41, 5.74) is 12.6. The van der Waals surface area contributed by atoms with E-state index in [1.165, 1.54) is 12.1 Å². The maximum atomic E-state index is 13.4. The summed E-state index contributed by atoms with van der Waals surface area (Å²) < 4.78 is 30.2. The zero-order chi connectivity index (χ0) is 22.5. The molecule has 4 N–H and O–H groups in total. The number of aromatic nitrogens is 4. The van der Waals surface area contributed by atoms with Gasteiger partial charge in [0.1, 0.15) is 23.3 Å². The second kappa shape index (κ2) is 9.40. The molecule has 2 aromatic heterocycles. The molecule has 0 saturated heterocycles. The lowest BCUT2D eigenvalue weighted by Crippen LogP contribution is -2.14. The van der Waals surface area contributed by atoms with Crippen molar-refractivity contribution in [3.63, 3.8) is 0 Å². The molecule has 0 fully saturated rings. The molecule has 0 aliphatic rings. The number of nitrogens with zero attached hydrogens (tertiary/aromatic N) is 5. The summed E-state index contributed by atoms with van der Waals surface area (Å²) >= 11 is 0. The molecule has 4 aromatic rings. The van der Waals surface area contributed by atoms with Crippen molar-refractivity contribution < 1.29 is 8.78 Å². The van der Waals surface area contributed by atoms with Crippen molar-refractivity contribution in [1.29, 1.82) is 0 Å². The molecule has 7 nitrogen and oxygen atoms in total. The van der Waals surface area contributed by atoms with Gasteiger partial charge in [-0.15, -0.1) is 0 Å². The predicted octanol–water partition coefficient (Wildman–Crippen LogP) is 3.56. The molecule has 0 bridgehead atoms. The van der Waals surface area contributed by atoms with Gasteiger partial charge in [-0.3, -0.25) is 0 Å². The highest BCUT2D eigenvalue weighted by atomic mass is 19.1. The highest BCUT2D eigenvalue weighted by Crippen LogP contribution is 2.18. The van der Waals surface area contributed by atoms with Crippen LogP contribution in [-0.4, -0.2) is 38.1 Å². The number of hydrogen-bond acceptors (Lipinski definition) is 5. The van der Waals surface area contributed by atoms with Crippen LogP contribution in [0.2, 0.25) is 0 Å². The van der Waals surface area contributed by atoms with Crippen LogP contribution in [-0.2, 0) is 6.54 Å². The third-order valence-electron chi connectivity index (χ3n) is 4.53. The van der Waals surface area contributed by atoms with Gasteiger partial charge in [0.05, 0.1) is 17.9 Å². The Morgan fingerprint density at radius 2 is 1.35 bits per heavy atom. The minimum atomic E-state index is -0.410. The zero-order valence-corrected chi connectivity index (χ0v) is 17.6. The molecule has 31 heavy (non-hydrogen) atoms. The lowest BCUT2D eigenvalue weighted by atomic mass is 10.2. The van der Waals surface area contributed by atoms with Crippen molar-refractivity contribution >= 4 is 11.4 Å². The van der Waals surface area contributed by atoms with E-state index in [0.29, 0.717) is 6.54 Å². The maximum absolute atomic E-state index is 13.4. The van der Waals surface area contributed by atoms with Gasteiger partial charge in [0, 0.05) is 48.3 Å². The Morgan fingerprint density at radius 3 is 1.84 bits per heavy atom. The first-order valence-electron chi connectivity index (χ1n) is 9.54. The van der Waals surface area contributed by atoms with Crippen molar-refractivity contribution in [2.45, 2.75) is 13.5 Å². The minimum absolute atomic E-state index is 0.156. The number of anilines is 2. The molecular formula is C22H25F2N7. The Labute approximate surface area is 179 Å². The van der Waals surface area contributed by atoms with Crippen LogP contribution in [0.15, 0.2) is 61.2 Å². The molecule has 2 aromatic carbocycles. The number of aryl methyl sites for hydroxylation is 1. The van der Waals surface area contributed by atoms with Crippen LogP contribution >= 0.6 is 0 Å². The lowest BCUT2D eigenvalue weighted by Gasteiger charge is -2.12. The number of rotatable bonds is 4. The number of nitrogens with two attached hydrogens (primary N) is 2. The van der Waals surface area contributed by atoms with E-state index in [1.807, 2.05) is 36.7 Å². The highest BCUT2D eigenvalue weighted by Gasteiger charge is 2.08. The first-order valence-corrected chi connectivity index (χ1v) is 9.54. The Hall–Kier alpha value is -3.72. The van der Waals surface area contributed by atoms with Gasteiger partial charge in [-0.2, -0.15) is 0 Å². The number of benzene rings is 2. The highest BCUT2D eigenvalue weighted by molar-refractivity contribution is 5.47. The minimum Gasteiger partial charge on any atom is -0.396 e. The quantitative estimate of drug-likeness (QED) is 0.488. The van der Waals surface area contributed by atoms with Crippen molar-refractivity contribution in [3.05, 3.63) is 84.5 Å². The summed E-state index contributed by atoms with van der Waals surface area (Å²) in [4.78, 5) is 10.3. The lowest BCUT2D eigenvalue weighted by molar-refractivity contribution is 0.388. The fourth-order valence-corrected chi connectivity index (χ4v) is 2.95. The van der Waals surface area contributed by atoms with E-state index in [4.69, 9.17) is 11.5 Å². The van der Waals surface area contributed by atoms with Gasteiger partial charge < -0.3 is 25.5 Å². The van der Waals surface area contributed by atoms with E-state index >= 15 is 0 Å². The van der Waals surface area contributed by atoms with Gasteiger partial charge in [-0.05, 0) is 45.3 Å². The van der Waals surface area contributed by atoms with Crippen molar-refractivity contribution in [1.82, 2.24) is 24.0 Å². The molecule has 9 heteroatoms. The third-order valence-corrected chi connectivity index (χ3v) is 4.53. The Kier molecular flexibility index (Phi) is 6.66. The molecule has 4 rings (SSSR count).